The summed E-state index contributed by atoms with van der Waals surface area (Å²) in [5.41, 5.74) is 4.38. The van der Waals surface area contributed by atoms with Crippen molar-refractivity contribution in [3.63, 3.8) is 0 Å². The minimum absolute atomic E-state index is 0.195. The molecule has 0 bridgehead atoms. The molecule has 7 rings (SSSR count). The molecule has 11 heteroatoms. The molecule has 0 aliphatic carbocycles. The van der Waals surface area contributed by atoms with Crippen molar-refractivity contribution in [1.82, 2.24) is 29.9 Å². The Hall–Kier alpha value is -5.84. The van der Waals surface area contributed by atoms with Crippen LogP contribution in [0.4, 0.5) is 11.4 Å². The Balaban J connectivity index is 1.36. The number of nitrogens with one attached hydrogen (secondary N) is 1. The molecule has 3 aromatic carbocycles. The van der Waals surface area contributed by atoms with E-state index in [0.29, 0.717) is 34.6 Å². The molecule has 11 nitrogen and oxygen atoms in total. The number of pyridine rings is 1. The zero-order valence-corrected chi connectivity index (χ0v) is 25.7. The number of aromatic nitrogens is 6. The second-order valence-electron chi connectivity index (χ2n) is 11.4. The van der Waals surface area contributed by atoms with Crippen LogP contribution in [0, 0.1) is 0 Å². The zero-order valence-electron chi connectivity index (χ0n) is 25.7. The lowest BCUT2D eigenvalue weighted by molar-refractivity contribution is -0.123. The molecule has 6 aromatic rings. The Kier molecular flexibility index (Phi) is 7.49. The zero-order chi connectivity index (χ0) is 31.8. The van der Waals surface area contributed by atoms with E-state index in [-0.39, 0.29) is 30.8 Å². The monoisotopic (exact) mass is 612 g/mol. The van der Waals surface area contributed by atoms with Gasteiger partial charge in [0.05, 0.1) is 35.9 Å². The van der Waals surface area contributed by atoms with E-state index < -0.39 is 5.92 Å². The molecule has 3 aromatic heterocycles. The van der Waals surface area contributed by atoms with E-state index in [1.807, 2.05) is 97.3 Å². The van der Waals surface area contributed by atoms with Gasteiger partial charge in [-0.3, -0.25) is 19.3 Å². The molecule has 1 N–H and O–H groups in total. The van der Waals surface area contributed by atoms with Gasteiger partial charge >= 0.3 is 0 Å². The third-order valence-corrected chi connectivity index (χ3v) is 8.24. The van der Waals surface area contributed by atoms with Crippen LogP contribution < -0.4 is 14.5 Å². The Morgan fingerprint density at radius 1 is 0.935 bits per heavy atom. The second kappa shape index (κ2) is 11.9. The first-order valence-corrected chi connectivity index (χ1v) is 15.1. The number of anilines is 2. The van der Waals surface area contributed by atoms with Crippen LogP contribution in [0.1, 0.15) is 31.3 Å². The molecule has 0 saturated carbocycles. The summed E-state index contributed by atoms with van der Waals surface area (Å²) in [5, 5.41) is 17.8. The molecule has 0 spiro atoms. The Labute approximate surface area is 265 Å². The number of benzene rings is 3. The third kappa shape index (κ3) is 5.05. The van der Waals surface area contributed by atoms with Crippen molar-refractivity contribution in [1.29, 1.82) is 0 Å². The smallest absolute Gasteiger partial charge is 0.247 e. The maximum atomic E-state index is 14.8. The number of nitrogens with zero attached hydrogens (tertiary/aromatic N) is 7. The molecule has 46 heavy (non-hydrogen) atoms. The van der Waals surface area contributed by atoms with Crippen LogP contribution in [0.25, 0.3) is 28.0 Å². The van der Waals surface area contributed by atoms with Crippen LogP contribution in [0.5, 0.6) is 5.88 Å². The summed E-state index contributed by atoms with van der Waals surface area (Å²) in [5.74, 6) is 0.257. The predicted molar refractivity (Wildman–Crippen MR) is 175 cm³/mol. The summed E-state index contributed by atoms with van der Waals surface area (Å²) >= 11 is 0. The van der Waals surface area contributed by atoms with E-state index in [1.54, 1.807) is 35.2 Å². The number of H-pyrrole nitrogens is 1. The normalized spacial score (nSPS) is 14.2. The molecule has 4 heterocycles. The summed E-state index contributed by atoms with van der Waals surface area (Å²) in [4.78, 5) is 36.6. The van der Waals surface area contributed by atoms with Crippen LogP contribution in [0.3, 0.4) is 0 Å². The molecule has 2 amide bonds. The van der Waals surface area contributed by atoms with Crippen LogP contribution in [0.2, 0.25) is 0 Å². The van der Waals surface area contributed by atoms with Crippen LogP contribution >= 0.6 is 0 Å². The summed E-state index contributed by atoms with van der Waals surface area (Å²) in [6, 6.07) is 28.4. The maximum absolute atomic E-state index is 14.8. The van der Waals surface area contributed by atoms with Crippen LogP contribution in [-0.2, 0) is 16.0 Å². The number of carbonyl (C=O) groups is 2. The van der Waals surface area contributed by atoms with Gasteiger partial charge in [-0.05, 0) is 38.1 Å². The maximum Gasteiger partial charge on any atom is 0.247 e. The van der Waals surface area contributed by atoms with Gasteiger partial charge in [0.25, 0.3) is 0 Å². The summed E-state index contributed by atoms with van der Waals surface area (Å²) in [6.07, 6.45) is 1.88. The van der Waals surface area contributed by atoms with Crippen molar-refractivity contribution in [3.05, 3.63) is 109 Å². The lowest BCUT2D eigenvalue weighted by Crippen LogP contribution is -2.47. The van der Waals surface area contributed by atoms with Gasteiger partial charge in [-0.15, -0.1) is 10.2 Å². The average molecular weight is 613 g/mol. The van der Waals surface area contributed by atoms with Crippen LogP contribution in [0.15, 0.2) is 97.2 Å². The van der Waals surface area contributed by atoms with E-state index >= 15 is 0 Å². The van der Waals surface area contributed by atoms with E-state index in [1.165, 1.54) is 0 Å². The van der Waals surface area contributed by atoms with Gasteiger partial charge in [0.2, 0.25) is 17.7 Å². The van der Waals surface area contributed by atoms with Gasteiger partial charge < -0.3 is 14.5 Å². The predicted octanol–water partition coefficient (Wildman–Crippen LogP) is 5.33. The molecule has 1 aliphatic heterocycles. The number of aromatic amines is 1. The first kappa shape index (κ1) is 28.9. The number of para-hydroxylation sites is 3. The Morgan fingerprint density at radius 3 is 2.41 bits per heavy atom. The van der Waals surface area contributed by atoms with Crippen LogP contribution in [-0.4, -0.2) is 61.5 Å². The number of hydrogen-bond acceptors (Lipinski definition) is 7. The molecule has 1 atom stereocenters. The number of ether oxygens (including phenoxy) is 1. The van der Waals surface area contributed by atoms with Crippen molar-refractivity contribution >= 4 is 34.1 Å². The van der Waals surface area contributed by atoms with Gasteiger partial charge in [0.1, 0.15) is 12.5 Å². The average Bonchev–Trinajstić information content (AvgIpc) is 3.69. The van der Waals surface area contributed by atoms with Gasteiger partial charge in [0, 0.05) is 35.2 Å². The number of hydrogen-bond donors (Lipinski definition) is 1. The standard InChI is InChI=1S/C35H32N8O3/c1-22(2)42(24-17-18-31(46-3)36-20-24)32(44)21-41-29-15-9-10-16-30(29)43-33(23-11-5-4-6-12-23)39-40-34(43)26(35(41)45)19-28-25-13-7-8-14-27(25)37-38-28/h4-18,20,22,26H,19,21H2,1-3H3,(H,37,38). The topological polar surface area (TPSA) is 122 Å². The van der Waals surface area contributed by atoms with Crippen molar-refractivity contribution < 1.29 is 14.3 Å². The second-order valence-corrected chi connectivity index (χ2v) is 11.4. The van der Waals surface area contributed by atoms with E-state index in [9.17, 15) is 9.59 Å². The van der Waals surface area contributed by atoms with Gasteiger partial charge in [-0.2, -0.15) is 5.10 Å². The highest BCUT2D eigenvalue weighted by atomic mass is 16.5. The molecule has 0 fully saturated rings. The Morgan fingerprint density at radius 2 is 1.67 bits per heavy atom. The van der Waals surface area contributed by atoms with Gasteiger partial charge in [-0.1, -0.05) is 60.7 Å². The third-order valence-electron chi connectivity index (χ3n) is 8.24. The quantitative estimate of drug-likeness (QED) is 0.247. The number of fused-ring (bicyclic) bond motifs is 4. The molecular weight excluding hydrogens is 580 g/mol. The lowest BCUT2D eigenvalue weighted by Gasteiger charge is -2.31. The number of methoxy groups -OCH3 is 1. The van der Waals surface area contributed by atoms with Crippen molar-refractivity contribution in [3.8, 4) is 23.0 Å². The van der Waals surface area contributed by atoms with E-state index in [2.05, 4.69) is 25.4 Å². The first-order chi connectivity index (χ1) is 22.4. The fourth-order valence-corrected chi connectivity index (χ4v) is 6.13. The van der Waals surface area contributed by atoms with Crippen molar-refractivity contribution in [2.75, 3.05) is 23.5 Å². The number of rotatable bonds is 8. The minimum Gasteiger partial charge on any atom is -0.481 e. The summed E-state index contributed by atoms with van der Waals surface area (Å²) in [7, 11) is 1.54. The van der Waals surface area contributed by atoms with Gasteiger partial charge in [-0.25, -0.2) is 4.98 Å². The lowest BCUT2D eigenvalue weighted by atomic mass is 9.98. The molecule has 1 aliphatic rings. The Bertz CT molecular complexity index is 2030. The van der Waals surface area contributed by atoms with E-state index in [0.717, 1.165) is 22.2 Å². The molecule has 230 valence electrons. The summed E-state index contributed by atoms with van der Waals surface area (Å²) in [6.45, 7) is 3.67. The first-order valence-electron chi connectivity index (χ1n) is 15.1. The van der Waals surface area contributed by atoms with Crippen molar-refractivity contribution in [2.45, 2.75) is 32.2 Å². The number of amides is 2. The fraction of sp³-hybridized carbons (Fsp3) is 0.200. The number of carbonyl (C=O) groups excluding carboxylic acids is 2. The van der Waals surface area contributed by atoms with E-state index in [4.69, 9.17) is 4.74 Å². The largest absolute Gasteiger partial charge is 0.481 e. The highest BCUT2D eigenvalue weighted by molar-refractivity contribution is 6.07. The molecular formula is C35H32N8O3. The highest BCUT2D eigenvalue weighted by Crippen LogP contribution is 2.39. The minimum atomic E-state index is -0.774. The van der Waals surface area contributed by atoms with Gasteiger partial charge in [0.15, 0.2) is 11.6 Å². The molecule has 0 radical (unpaired) electrons. The highest BCUT2D eigenvalue weighted by Gasteiger charge is 2.39. The summed E-state index contributed by atoms with van der Waals surface area (Å²) < 4.78 is 7.17. The molecule has 0 saturated heterocycles. The SMILES string of the molecule is COc1ccc(N(C(=O)CN2C(=O)C(Cc3[nH]nc4ccccc34)c3nnc(-c4ccccc4)n3-c3ccccc32)C(C)C)cn1. The van der Waals surface area contributed by atoms with Crippen molar-refractivity contribution in [2.24, 2.45) is 0 Å². The molecule has 1 unspecified atom stereocenters. The fourth-order valence-electron chi connectivity index (χ4n) is 6.13.